The summed E-state index contributed by atoms with van der Waals surface area (Å²) in [7, 11) is -3.38. The third-order valence-electron chi connectivity index (χ3n) is 4.25. The normalized spacial score (nSPS) is 27.2. The topological polar surface area (TPSA) is 37.4 Å². The molecule has 2 aliphatic rings. The van der Waals surface area contributed by atoms with Crippen molar-refractivity contribution in [3.8, 4) is 0 Å². The third kappa shape index (κ3) is 1.78. The lowest BCUT2D eigenvalue weighted by Crippen LogP contribution is -2.29. The lowest BCUT2D eigenvalue weighted by atomic mass is 9.68. The van der Waals surface area contributed by atoms with Crippen molar-refractivity contribution in [1.29, 1.82) is 0 Å². The fourth-order valence-electron chi connectivity index (χ4n) is 2.91. The van der Waals surface area contributed by atoms with E-state index in [0.717, 1.165) is 16.7 Å². The number of hydrogen-bond donors (Lipinski definition) is 0. The maximum absolute atomic E-state index is 12.5. The van der Waals surface area contributed by atoms with Crippen molar-refractivity contribution in [3.05, 3.63) is 54.1 Å². The van der Waals surface area contributed by atoms with E-state index in [2.05, 4.69) is 13.2 Å². The Balaban J connectivity index is 1.89. The van der Waals surface area contributed by atoms with Gasteiger partial charge in [0, 0.05) is 24.9 Å². The molecule has 19 heavy (non-hydrogen) atoms. The van der Waals surface area contributed by atoms with Crippen LogP contribution in [-0.4, -0.2) is 25.8 Å². The molecule has 2 fully saturated rings. The maximum Gasteiger partial charge on any atom is 0.243 e. The van der Waals surface area contributed by atoms with E-state index >= 15 is 0 Å². The van der Waals surface area contributed by atoms with E-state index < -0.39 is 10.0 Å². The molecule has 0 unspecified atom stereocenters. The van der Waals surface area contributed by atoms with Crippen LogP contribution in [0.3, 0.4) is 0 Å². The standard InChI is InChI=1S/C15H17NO2S/c1-10-4-6-13(7-5-10)19(17,18)16-8-14-11(2)12(3)15(14)9-16/h4-7,14-15H,2-3,8-9H2,1H3/t14-,15+. The van der Waals surface area contributed by atoms with Crippen LogP contribution in [-0.2, 0) is 10.0 Å². The van der Waals surface area contributed by atoms with Gasteiger partial charge in [0.25, 0.3) is 0 Å². The van der Waals surface area contributed by atoms with Gasteiger partial charge in [-0.15, -0.1) is 0 Å². The van der Waals surface area contributed by atoms with Gasteiger partial charge in [-0.2, -0.15) is 4.31 Å². The van der Waals surface area contributed by atoms with E-state index in [1.54, 1.807) is 16.4 Å². The van der Waals surface area contributed by atoms with E-state index in [9.17, 15) is 8.42 Å². The fraction of sp³-hybridized carbons (Fsp3) is 0.333. The number of rotatable bonds is 2. The Hall–Kier alpha value is -1.39. The van der Waals surface area contributed by atoms with Crippen LogP contribution in [0, 0.1) is 18.8 Å². The lowest BCUT2D eigenvalue weighted by molar-refractivity contribution is 0.466. The summed E-state index contributed by atoms with van der Waals surface area (Å²) in [5, 5.41) is 0. The van der Waals surface area contributed by atoms with Gasteiger partial charge >= 0.3 is 0 Å². The summed E-state index contributed by atoms with van der Waals surface area (Å²) in [6.45, 7) is 11.0. The van der Waals surface area contributed by atoms with E-state index in [0.29, 0.717) is 18.0 Å². The Morgan fingerprint density at radius 1 is 1.05 bits per heavy atom. The first-order chi connectivity index (χ1) is 8.91. The van der Waals surface area contributed by atoms with E-state index in [1.807, 2.05) is 19.1 Å². The Kier molecular flexibility index (Phi) is 2.69. The molecule has 1 heterocycles. The van der Waals surface area contributed by atoms with Gasteiger partial charge < -0.3 is 0 Å². The van der Waals surface area contributed by atoms with Crippen molar-refractivity contribution in [2.24, 2.45) is 11.8 Å². The zero-order valence-electron chi connectivity index (χ0n) is 11.0. The van der Waals surface area contributed by atoms with Gasteiger partial charge in [0.2, 0.25) is 10.0 Å². The summed E-state index contributed by atoms with van der Waals surface area (Å²) in [5.74, 6) is 0.542. The highest BCUT2D eigenvalue weighted by Gasteiger charge is 2.48. The molecule has 2 atom stereocenters. The number of nitrogens with zero attached hydrogens (tertiary/aromatic N) is 1. The molecule has 1 aliphatic carbocycles. The third-order valence-corrected chi connectivity index (χ3v) is 6.10. The Bertz CT molecular complexity index is 636. The second-order valence-electron chi connectivity index (χ2n) is 5.40. The maximum atomic E-state index is 12.5. The smallest absolute Gasteiger partial charge is 0.207 e. The molecule has 3 rings (SSSR count). The van der Waals surface area contributed by atoms with Gasteiger partial charge in [0.1, 0.15) is 0 Å². The van der Waals surface area contributed by atoms with Crippen molar-refractivity contribution in [2.45, 2.75) is 11.8 Å². The average molecular weight is 275 g/mol. The Morgan fingerprint density at radius 3 is 2.00 bits per heavy atom. The quantitative estimate of drug-likeness (QED) is 0.831. The van der Waals surface area contributed by atoms with Crippen LogP contribution in [0.5, 0.6) is 0 Å². The first-order valence-electron chi connectivity index (χ1n) is 6.36. The summed E-state index contributed by atoms with van der Waals surface area (Å²) in [4.78, 5) is 0.371. The minimum Gasteiger partial charge on any atom is -0.207 e. The van der Waals surface area contributed by atoms with Crippen LogP contribution in [0.25, 0.3) is 0 Å². The van der Waals surface area contributed by atoms with Crippen LogP contribution >= 0.6 is 0 Å². The number of hydrogen-bond acceptors (Lipinski definition) is 2. The molecule has 1 aromatic rings. The van der Waals surface area contributed by atoms with Crippen molar-refractivity contribution in [1.82, 2.24) is 4.31 Å². The van der Waals surface area contributed by atoms with Crippen LogP contribution < -0.4 is 0 Å². The van der Waals surface area contributed by atoms with Gasteiger partial charge in [0.05, 0.1) is 4.90 Å². The fourth-order valence-corrected chi connectivity index (χ4v) is 4.40. The molecule has 0 aromatic heterocycles. The minimum atomic E-state index is -3.38. The zero-order valence-corrected chi connectivity index (χ0v) is 11.8. The summed E-state index contributed by atoms with van der Waals surface area (Å²) >= 11 is 0. The average Bonchev–Trinajstić information content (AvgIpc) is 2.80. The number of benzene rings is 1. The van der Waals surface area contributed by atoms with Gasteiger partial charge in [-0.05, 0) is 30.2 Å². The monoisotopic (exact) mass is 275 g/mol. The Morgan fingerprint density at radius 2 is 1.53 bits per heavy atom. The highest BCUT2D eigenvalue weighted by Crippen LogP contribution is 2.48. The molecule has 3 nitrogen and oxygen atoms in total. The summed E-state index contributed by atoms with van der Waals surface area (Å²) in [6, 6.07) is 7.01. The van der Waals surface area contributed by atoms with Gasteiger partial charge in [-0.1, -0.05) is 30.9 Å². The van der Waals surface area contributed by atoms with Crippen molar-refractivity contribution in [3.63, 3.8) is 0 Å². The first kappa shape index (κ1) is 12.6. The second-order valence-corrected chi connectivity index (χ2v) is 7.34. The molecule has 0 N–H and O–H groups in total. The summed E-state index contributed by atoms with van der Waals surface area (Å²) in [6.07, 6.45) is 0. The van der Waals surface area contributed by atoms with Crippen LogP contribution in [0.2, 0.25) is 0 Å². The zero-order chi connectivity index (χ0) is 13.8. The number of sulfonamides is 1. The van der Waals surface area contributed by atoms with Gasteiger partial charge in [-0.3, -0.25) is 0 Å². The van der Waals surface area contributed by atoms with Crippen LogP contribution in [0.1, 0.15) is 5.56 Å². The molecule has 1 aliphatic heterocycles. The van der Waals surface area contributed by atoms with Crippen molar-refractivity contribution in [2.75, 3.05) is 13.1 Å². The molecule has 100 valence electrons. The molecule has 1 aromatic carbocycles. The van der Waals surface area contributed by atoms with E-state index in [4.69, 9.17) is 0 Å². The first-order valence-corrected chi connectivity index (χ1v) is 7.80. The summed E-state index contributed by atoms with van der Waals surface area (Å²) in [5.41, 5.74) is 3.10. The number of fused-ring (bicyclic) bond motifs is 1. The largest absolute Gasteiger partial charge is 0.243 e. The summed E-state index contributed by atoms with van der Waals surface area (Å²) < 4.78 is 26.7. The highest BCUT2D eigenvalue weighted by atomic mass is 32.2. The SMILES string of the molecule is C=C1C(=C)[C@@H]2CN(S(=O)(=O)c3ccc(C)cc3)C[C@H]12. The van der Waals surface area contributed by atoms with E-state index in [1.165, 1.54) is 0 Å². The highest BCUT2D eigenvalue weighted by molar-refractivity contribution is 7.89. The molecule has 0 amide bonds. The molecule has 4 heteroatoms. The molecule has 0 spiro atoms. The molecular formula is C15H17NO2S. The molecule has 0 radical (unpaired) electrons. The van der Waals surface area contributed by atoms with Gasteiger partial charge in [0.15, 0.2) is 0 Å². The minimum absolute atomic E-state index is 0.271. The molecular weight excluding hydrogens is 258 g/mol. The molecule has 0 bridgehead atoms. The van der Waals surface area contributed by atoms with E-state index in [-0.39, 0.29) is 11.8 Å². The molecule has 1 saturated carbocycles. The lowest BCUT2D eigenvalue weighted by Gasteiger charge is -2.34. The van der Waals surface area contributed by atoms with Crippen LogP contribution in [0.15, 0.2) is 53.5 Å². The van der Waals surface area contributed by atoms with Gasteiger partial charge in [-0.25, -0.2) is 8.42 Å². The van der Waals surface area contributed by atoms with Crippen LogP contribution in [0.4, 0.5) is 0 Å². The number of aryl methyl sites for hydroxylation is 1. The van der Waals surface area contributed by atoms with Crippen molar-refractivity contribution >= 4 is 10.0 Å². The Labute approximate surface area is 114 Å². The predicted molar refractivity (Wildman–Crippen MR) is 75.2 cm³/mol. The van der Waals surface area contributed by atoms with Crippen molar-refractivity contribution < 1.29 is 8.42 Å². The second kappa shape index (κ2) is 4.05. The predicted octanol–water partition coefficient (Wildman–Crippen LogP) is 2.36. The molecule has 1 saturated heterocycles.